The van der Waals surface area contributed by atoms with Crippen LogP contribution in [0.2, 0.25) is 0 Å². The van der Waals surface area contributed by atoms with Gasteiger partial charge in [-0.3, -0.25) is 4.57 Å². The van der Waals surface area contributed by atoms with Gasteiger partial charge in [0.05, 0.1) is 11.0 Å². The van der Waals surface area contributed by atoms with E-state index in [2.05, 4.69) is 205 Å². The van der Waals surface area contributed by atoms with Crippen LogP contribution in [0.25, 0.3) is 94.5 Å². The summed E-state index contributed by atoms with van der Waals surface area (Å²) in [5, 5.41) is 4.38. The molecular weight excluding hydrogens is 769 g/mol. The third kappa shape index (κ3) is 5.33. The molecular formula is C58H36N4O. The zero-order valence-corrected chi connectivity index (χ0v) is 34.0. The minimum atomic E-state index is -0.852. The van der Waals surface area contributed by atoms with E-state index in [4.69, 9.17) is 19.4 Å². The summed E-state index contributed by atoms with van der Waals surface area (Å²) in [5.41, 5.74) is 14.0. The van der Waals surface area contributed by atoms with Crippen molar-refractivity contribution in [1.29, 1.82) is 0 Å². The van der Waals surface area contributed by atoms with Gasteiger partial charge >= 0.3 is 0 Å². The molecule has 1 aliphatic rings. The van der Waals surface area contributed by atoms with Gasteiger partial charge in [0.15, 0.2) is 11.6 Å². The molecule has 294 valence electrons. The zero-order chi connectivity index (χ0) is 41.5. The van der Waals surface area contributed by atoms with Crippen molar-refractivity contribution in [3.63, 3.8) is 0 Å². The van der Waals surface area contributed by atoms with Crippen molar-refractivity contribution in [3.05, 3.63) is 241 Å². The second-order valence-corrected chi connectivity index (χ2v) is 16.3. The molecule has 0 amide bonds. The van der Waals surface area contributed by atoms with E-state index < -0.39 is 5.41 Å². The Bertz CT molecular complexity index is 3690. The van der Waals surface area contributed by atoms with Crippen LogP contribution < -0.4 is 0 Å². The molecule has 0 aliphatic heterocycles. The lowest BCUT2D eigenvalue weighted by atomic mass is 9.71. The van der Waals surface area contributed by atoms with Gasteiger partial charge in [0.25, 0.3) is 0 Å². The third-order valence-electron chi connectivity index (χ3n) is 13.0. The predicted octanol–water partition coefficient (Wildman–Crippen LogP) is 14.2. The number of para-hydroxylation sites is 2. The molecule has 9 aromatic carbocycles. The average molecular weight is 805 g/mol. The standard InChI is InChI=1S/C58H36N4O/c1-3-15-37(16-4-1)38-27-29-39(30-28-38)40-31-33-46-45-21-9-13-25-51(45)62(52(46)35-40)57-60-55(41-32-34-48-47-22-10-14-26-53(47)63-54(48)36-41)59-56(61-57)58(42-17-5-2-6-18-42)49-23-11-7-19-43(49)44-20-8-12-24-50(44)58/h1-36H. The Morgan fingerprint density at radius 2 is 0.905 bits per heavy atom. The first-order valence-corrected chi connectivity index (χ1v) is 21.3. The molecule has 0 spiro atoms. The van der Waals surface area contributed by atoms with Crippen LogP contribution in [-0.2, 0) is 5.41 Å². The Kier molecular flexibility index (Phi) is 7.75. The molecule has 0 saturated carbocycles. The number of hydrogen-bond acceptors (Lipinski definition) is 4. The average Bonchev–Trinajstić information content (AvgIpc) is 4.00. The Labute approximate surface area is 363 Å². The zero-order valence-electron chi connectivity index (χ0n) is 34.0. The smallest absolute Gasteiger partial charge is 0.238 e. The molecule has 12 aromatic rings. The molecule has 5 nitrogen and oxygen atoms in total. The summed E-state index contributed by atoms with van der Waals surface area (Å²) >= 11 is 0. The Morgan fingerprint density at radius 3 is 1.67 bits per heavy atom. The summed E-state index contributed by atoms with van der Waals surface area (Å²) in [6, 6.07) is 77.2. The summed E-state index contributed by atoms with van der Waals surface area (Å²) in [4.78, 5) is 16.7. The van der Waals surface area contributed by atoms with Crippen molar-refractivity contribution in [2.45, 2.75) is 5.41 Å². The van der Waals surface area contributed by atoms with Gasteiger partial charge in [0.1, 0.15) is 16.6 Å². The topological polar surface area (TPSA) is 56.7 Å². The highest BCUT2D eigenvalue weighted by molar-refractivity contribution is 6.10. The van der Waals surface area contributed by atoms with E-state index in [0.717, 1.165) is 77.1 Å². The fraction of sp³-hybridized carbons (Fsp3) is 0.0172. The fourth-order valence-corrected chi connectivity index (χ4v) is 10.1. The van der Waals surface area contributed by atoms with Crippen molar-refractivity contribution in [3.8, 4) is 50.7 Å². The lowest BCUT2D eigenvalue weighted by Crippen LogP contribution is -2.32. The maximum absolute atomic E-state index is 6.46. The van der Waals surface area contributed by atoms with Crippen LogP contribution in [-0.4, -0.2) is 19.5 Å². The van der Waals surface area contributed by atoms with E-state index in [1.807, 2.05) is 18.2 Å². The number of rotatable bonds is 6. The second kappa shape index (κ2) is 13.8. The van der Waals surface area contributed by atoms with Gasteiger partial charge in [-0.2, -0.15) is 9.97 Å². The molecule has 0 bridgehead atoms. The van der Waals surface area contributed by atoms with Gasteiger partial charge in [-0.1, -0.05) is 188 Å². The lowest BCUT2D eigenvalue weighted by Gasteiger charge is -2.32. The summed E-state index contributed by atoms with van der Waals surface area (Å²) in [6.45, 7) is 0. The molecule has 1 aliphatic carbocycles. The van der Waals surface area contributed by atoms with Gasteiger partial charge in [-0.25, -0.2) is 4.98 Å². The second-order valence-electron chi connectivity index (χ2n) is 16.3. The highest BCUT2D eigenvalue weighted by Crippen LogP contribution is 2.55. The first kappa shape index (κ1) is 35.4. The summed E-state index contributed by atoms with van der Waals surface area (Å²) in [7, 11) is 0. The number of nitrogens with zero attached hydrogens (tertiary/aromatic N) is 4. The quantitative estimate of drug-likeness (QED) is 0.168. The molecule has 0 atom stereocenters. The Morgan fingerprint density at radius 1 is 0.365 bits per heavy atom. The first-order chi connectivity index (χ1) is 31.2. The molecule has 3 aromatic heterocycles. The number of benzene rings is 9. The van der Waals surface area contributed by atoms with E-state index in [0.29, 0.717) is 17.6 Å². The van der Waals surface area contributed by atoms with Gasteiger partial charge in [-0.05, 0) is 80.4 Å². The maximum atomic E-state index is 6.46. The largest absolute Gasteiger partial charge is 0.456 e. The van der Waals surface area contributed by atoms with Crippen LogP contribution in [0.5, 0.6) is 0 Å². The van der Waals surface area contributed by atoms with Gasteiger partial charge < -0.3 is 4.42 Å². The SMILES string of the molecule is c1ccc(-c2ccc(-c3ccc4c5ccccc5n(-c5nc(-c6ccc7c(c6)oc6ccccc67)nc(C6(c7ccccc7)c7ccccc7-c7ccccc76)n5)c4c3)cc2)cc1. The summed E-state index contributed by atoms with van der Waals surface area (Å²) in [6.07, 6.45) is 0. The first-order valence-electron chi connectivity index (χ1n) is 21.3. The van der Waals surface area contributed by atoms with Crippen molar-refractivity contribution in [1.82, 2.24) is 19.5 Å². The highest BCUT2D eigenvalue weighted by atomic mass is 16.3. The van der Waals surface area contributed by atoms with E-state index >= 15 is 0 Å². The summed E-state index contributed by atoms with van der Waals surface area (Å²) in [5.74, 6) is 1.75. The molecule has 3 heterocycles. The van der Waals surface area contributed by atoms with Crippen molar-refractivity contribution >= 4 is 43.7 Å². The van der Waals surface area contributed by atoms with Crippen LogP contribution in [0.4, 0.5) is 0 Å². The van der Waals surface area contributed by atoms with Crippen LogP contribution in [0.3, 0.4) is 0 Å². The predicted molar refractivity (Wildman–Crippen MR) is 255 cm³/mol. The molecule has 0 saturated heterocycles. The van der Waals surface area contributed by atoms with Crippen LogP contribution in [0.15, 0.2) is 223 Å². The van der Waals surface area contributed by atoms with Crippen LogP contribution in [0, 0.1) is 0 Å². The molecule has 5 heteroatoms. The van der Waals surface area contributed by atoms with Crippen LogP contribution >= 0.6 is 0 Å². The van der Waals surface area contributed by atoms with Gasteiger partial charge in [0, 0.05) is 27.1 Å². The number of hydrogen-bond donors (Lipinski definition) is 0. The van der Waals surface area contributed by atoms with Gasteiger partial charge in [0.2, 0.25) is 5.95 Å². The third-order valence-corrected chi connectivity index (χ3v) is 13.0. The van der Waals surface area contributed by atoms with Crippen LogP contribution in [0.1, 0.15) is 22.5 Å². The van der Waals surface area contributed by atoms with E-state index in [1.165, 1.54) is 22.3 Å². The monoisotopic (exact) mass is 804 g/mol. The molecule has 0 fully saturated rings. The Hall–Kier alpha value is -8.41. The van der Waals surface area contributed by atoms with E-state index in [-0.39, 0.29) is 0 Å². The van der Waals surface area contributed by atoms with Crippen molar-refractivity contribution < 1.29 is 4.42 Å². The van der Waals surface area contributed by atoms with E-state index in [9.17, 15) is 0 Å². The molecule has 13 rings (SSSR count). The van der Waals surface area contributed by atoms with Gasteiger partial charge in [-0.15, -0.1) is 0 Å². The number of aromatic nitrogens is 4. The molecule has 0 radical (unpaired) electrons. The van der Waals surface area contributed by atoms with E-state index in [1.54, 1.807) is 0 Å². The fourth-order valence-electron chi connectivity index (χ4n) is 10.1. The Balaban J connectivity index is 1.10. The van der Waals surface area contributed by atoms with Crippen molar-refractivity contribution in [2.75, 3.05) is 0 Å². The molecule has 0 N–H and O–H groups in total. The number of fused-ring (bicyclic) bond motifs is 9. The normalized spacial score (nSPS) is 12.9. The minimum absolute atomic E-state index is 0.541. The number of furan rings is 1. The van der Waals surface area contributed by atoms with Crippen molar-refractivity contribution in [2.24, 2.45) is 0 Å². The molecule has 0 unspecified atom stereocenters. The lowest BCUT2D eigenvalue weighted by molar-refractivity contribution is 0.668. The minimum Gasteiger partial charge on any atom is -0.456 e. The molecule has 63 heavy (non-hydrogen) atoms. The highest BCUT2D eigenvalue weighted by Gasteiger charge is 2.49. The maximum Gasteiger partial charge on any atom is 0.238 e. The summed E-state index contributed by atoms with van der Waals surface area (Å²) < 4.78 is 8.68.